The van der Waals surface area contributed by atoms with E-state index in [4.69, 9.17) is 0 Å². The van der Waals surface area contributed by atoms with Crippen LogP contribution < -0.4 is 5.43 Å². The smallest absolute Gasteiger partial charge is 0.260 e. The van der Waals surface area contributed by atoms with Crippen molar-refractivity contribution in [3.05, 3.63) is 65.0 Å². The van der Waals surface area contributed by atoms with Crippen molar-refractivity contribution in [1.29, 1.82) is 0 Å². The average molecular weight is 396 g/mol. The summed E-state index contributed by atoms with van der Waals surface area (Å²) in [5, 5.41) is 5.10. The highest BCUT2D eigenvalue weighted by Crippen LogP contribution is 2.21. The molecule has 2 aromatic heterocycles. The Morgan fingerprint density at radius 1 is 1.32 bits per heavy atom. The van der Waals surface area contributed by atoms with Crippen LogP contribution in [0.25, 0.3) is 21.9 Å². The van der Waals surface area contributed by atoms with Crippen molar-refractivity contribution in [2.24, 2.45) is 5.10 Å². The number of amides is 1. The van der Waals surface area contributed by atoms with Crippen molar-refractivity contribution in [3.63, 3.8) is 0 Å². The molecule has 2 aromatic carbocycles. The molecular weight excluding hydrogens is 382 g/mol. The zero-order valence-electron chi connectivity index (χ0n) is 13.1. The number of fused-ring (bicyclic) bond motifs is 2. The Morgan fingerprint density at radius 3 is 3.12 bits per heavy atom. The lowest BCUT2D eigenvalue weighted by Gasteiger charge is -2.02. The van der Waals surface area contributed by atoms with E-state index in [1.54, 1.807) is 17.1 Å². The topological polar surface area (TPSA) is 75.1 Å². The SMILES string of the molecule is O=C(Cn1cnc2ccccc21)N/N=C/c1c[nH]c2ccc(Br)cc12. The lowest BCUT2D eigenvalue weighted by molar-refractivity contribution is -0.121. The van der Waals surface area contributed by atoms with Crippen molar-refractivity contribution in [3.8, 4) is 0 Å². The second kappa shape index (κ2) is 6.52. The maximum absolute atomic E-state index is 12.1. The maximum atomic E-state index is 12.1. The van der Waals surface area contributed by atoms with E-state index >= 15 is 0 Å². The number of imidazole rings is 1. The molecule has 25 heavy (non-hydrogen) atoms. The van der Waals surface area contributed by atoms with E-state index in [-0.39, 0.29) is 12.5 Å². The van der Waals surface area contributed by atoms with Gasteiger partial charge in [0.2, 0.25) is 0 Å². The molecule has 4 rings (SSSR count). The first-order chi connectivity index (χ1) is 12.2. The number of benzene rings is 2. The van der Waals surface area contributed by atoms with Crippen LogP contribution in [-0.4, -0.2) is 26.7 Å². The summed E-state index contributed by atoms with van der Waals surface area (Å²) in [6.45, 7) is 0.164. The van der Waals surface area contributed by atoms with Crippen LogP contribution in [0.4, 0.5) is 0 Å². The number of aromatic amines is 1. The van der Waals surface area contributed by atoms with Gasteiger partial charge in [-0.05, 0) is 30.3 Å². The van der Waals surface area contributed by atoms with Gasteiger partial charge in [0, 0.05) is 27.1 Å². The van der Waals surface area contributed by atoms with Gasteiger partial charge in [-0.2, -0.15) is 5.10 Å². The summed E-state index contributed by atoms with van der Waals surface area (Å²) in [5.41, 5.74) is 6.26. The first kappa shape index (κ1) is 15.6. The Balaban J connectivity index is 1.46. The number of aromatic nitrogens is 3. The Morgan fingerprint density at radius 2 is 2.20 bits per heavy atom. The Kier molecular flexibility index (Phi) is 4.07. The molecule has 6 nitrogen and oxygen atoms in total. The van der Waals surface area contributed by atoms with Crippen LogP contribution in [0, 0.1) is 0 Å². The van der Waals surface area contributed by atoms with Gasteiger partial charge in [-0.3, -0.25) is 4.79 Å². The third-order valence-corrected chi connectivity index (χ3v) is 4.40. The molecule has 0 fully saturated rings. The van der Waals surface area contributed by atoms with E-state index in [0.29, 0.717) is 0 Å². The van der Waals surface area contributed by atoms with Crippen LogP contribution >= 0.6 is 15.9 Å². The molecule has 0 aliphatic carbocycles. The molecule has 0 unspecified atom stereocenters. The van der Waals surface area contributed by atoms with Crippen LogP contribution in [0.2, 0.25) is 0 Å². The number of carbonyl (C=O) groups is 1. The van der Waals surface area contributed by atoms with E-state index in [9.17, 15) is 4.79 Å². The fourth-order valence-corrected chi connectivity index (χ4v) is 3.08. The lowest BCUT2D eigenvalue weighted by atomic mass is 10.2. The molecule has 0 saturated heterocycles. The number of nitrogens with one attached hydrogen (secondary N) is 2. The summed E-state index contributed by atoms with van der Waals surface area (Å²) in [7, 11) is 0. The fourth-order valence-electron chi connectivity index (χ4n) is 2.72. The second-order valence-corrected chi connectivity index (χ2v) is 6.50. The Labute approximate surface area is 151 Å². The molecule has 0 radical (unpaired) electrons. The summed E-state index contributed by atoms with van der Waals surface area (Å²) in [4.78, 5) is 19.6. The van der Waals surface area contributed by atoms with E-state index in [1.165, 1.54) is 0 Å². The quantitative estimate of drug-likeness (QED) is 0.410. The summed E-state index contributed by atoms with van der Waals surface area (Å²) >= 11 is 3.46. The summed E-state index contributed by atoms with van der Waals surface area (Å²) in [6.07, 6.45) is 5.15. The van der Waals surface area contributed by atoms with Gasteiger partial charge < -0.3 is 9.55 Å². The minimum Gasteiger partial charge on any atom is -0.361 e. The number of halogens is 1. The van der Waals surface area contributed by atoms with Crippen molar-refractivity contribution < 1.29 is 4.79 Å². The van der Waals surface area contributed by atoms with Crippen LogP contribution in [0.3, 0.4) is 0 Å². The van der Waals surface area contributed by atoms with Crippen molar-refractivity contribution in [2.45, 2.75) is 6.54 Å². The first-order valence-corrected chi connectivity index (χ1v) is 8.48. The van der Waals surface area contributed by atoms with Gasteiger partial charge in [0.1, 0.15) is 6.54 Å². The van der Waals surface area contributed by atoms with Crippen LogP contribution in [-0.2, 0) is 11.3 Å². The standard InChI is InChI=1S/C18H14BrN5O/c19-13-5-6-15-14(7-13)12(8-20-15)9-22-23-18(25)10-24-11-21-16-3-1-2-4-17(16)24/h1-9,11,20H,10H2,(H,23,25)/b22-9+. The molecule has 7 heteroatoms. The van der Waals surface area contributed by atoms with Crippen molar-refractivity contribution in [1.82, 2.24) is 20.0 Å². The molecule has 124 valence electrons. The maximum Gasteiger partial charge on any atom is 0.260 e. The normalized spacial score (nSPS) is 11.6. The molecule has 2 heterocycles. The minimum absolute atomic E-state index is 0.164. The van der Waals surface area contributed by atoms with E-state index in [0.717, 1.165) is 32.0 Å². The number of carbonyl (C=O) groups excluding carboxylic acids is 1. The van der Waals surface area contributed by atoms with Crippen LogP contribution in [0.1, 0.15) is 5.56 Å². The lowest BCUT2D eigenvalue weighted by Crippen LogP contribution is -2.22. The second-order valence-electron chi connectivity index (χ2n) is 5.59. The van der Waals surface area contributed by atoms with Gasteiger partial charge >= 0.3 is 0 Å². The van der Waals surface area contributed by atoms with Gasteiger partial charge in [-0.25, -0.2) is 10.4 Å². The molecule has 0 bridgehead atoms. The number of para-hydroxylation sites is 2. The van der Waals surface area contributed by atoms with Crippen LogP contribution in [0.15, 0.2) is 64.6 Å². The van der Waals surface area contributed by atoms with E-state index in [1.807, 2.05) is 48.7 Å². The highest BCUT2D eigenvalue weighted by Gasteiger charge is 2.06. The molecular formula is C18H14BrN5O. The van der Waals surface area contributed by atoms with Crippen molar-refractivity contribution in [2.75, 3.05) is 0 Å². The summed E-state index contributed by atoms with van der Waals surface area (Å²) in [5.74, 6) is -0.208. The monoisotopic (exact) mass is 395 g/mol. The third kappa shape index (κ3) is 3.18. The van der Waals surface area contributed by atoms with E-state index in [2.05, 4.69) is 36.4 Å². The first-order valence-electron chi connectivity index (χ1n) is 7.69. The number of H-pyrrole nitrogens is 1. The molecule has 0 atom stereocenters. The Bertz CT molecular complexity index is 1100. The highest BCUT2D eigenvalue weighted by atomic mass is 79.9. The molecule has 0 aliphatic rings. The fraction of sp³-hybridized carbons (Fsp3) is 0.0556. The van der Waals surface area contributed by atoms with Gasteiger partial charge in [0.05, 0.1) is 23.6 Å². The minimum atomic E-state index is -0.208. The predicted molar refractivity (Wildman–Crippen MR) is 101 cm³/mol. The van der Waals surface area contributed by atoms with Gasteiger partial charge in [0.15, 0.2) is 0 Å². The molecule has 2 N–H and O–H groups in total. The van der Waals surface area contributed by atoms with Crippen molar-refractivity contribution >= 4 is 50.0 Å². The van der Waals surface area contributed by atoms with Gasteiger partial charge in [-0.15, -0.1) is 0 Å². The molecule has 4 aromatic rings. The number of hydrazone groups is 1. The third-order valence-electron chi connectivity index (χ3n) is 3.91. The molecule has 0 aliphatic heterocycles. The van der Waals surface area contributed by atoms with E-state index < -0.39 is 0 Å². The number of nitrogens with zero attached hydrogens (tertiary/aromatic N) is 3. The Hall–Kier alpha value is -2.93. The number of hydrogen-bond donors (Lipinski definition) is 2. The highest BCUT2D eigenvalue weighted by molar-refractivity contribution is 9.10. The summed E-state index contributed by atoms with van der Waals surface area (Å²) < 4.78 is 2.79. The molecule has 0 spiro atoms. The summed E-state index contributed by atoms with van der Waals surface area (Å²) in [6, 6.07) is 13.7. The largest absolute Gasteiger partial charge is 0.361 e. The zero-order valence-corrected chi connectivity index (χ0v) is 14.7. The van der Waals surface area contributed by atoms with Crippen LogP contribution in [0.5, 0.6) is 0 Å². The van der Waals surface area contributed by atoms with Gasteiger partial charge in [0.25, 0.3) is 5.91 Å². The zero-order chi connectivity index (χ0) is 17.2. The predicted octanol–water partition coefficient (Wildman–Crippen LogP) is 3.43. The molecule has 1 amide bonds. The number of rotatable bonds is 4. The molecule has 0 saturated carbocycles. The van der Waals surface area contributed by atoms with Gasteiger partial charge in [-0.1, -0.05) is 28.1 Å². The average Bonchev–Trinajstić information content (AvgIpc) is 3.20. The number of hydrogen-bond acceptors (Lipinski definition) is 3.